The summed E-state index contributed by atoms with van der Waals surface area (Å²) >= 11 is 3.93. The lowest BCUT2D eigenvalue weighted by atomic mass is 10.4. The van der Waals surface area contributed by atoms with Gasteiger partial charge in [-0.25, -0.2) is 5.09 Å². The van der Waals surface area contributed by atoms with E-state index in [0.717, 1.165) is 0 Å². The number of hydrogen-bond donors (Lipinski definition) is 3. The molecular weight excluding hydrogens is 273 g/mol. The van der Waals surface area contributed by atoms with Crippen LogP contribution in [0.3, 0.4) is 0 Å². The van der Waals surface area contributed by atoms with Crippen LogP contribution in [-0.2, 0) is 13.9 Å². The van der Waals surface area contributed by atoms with Gasteiger partial charge >= 0.3 is 5.97 Å². The molecule has 0 heterocycles. The van der Waals surface area contributed by atoms with E-state index < -0.39 is 19.5 Å². The van der Waals surface area contributed by atoms with Crippen LogP contribution in [-0.4, -0.2) is 29.5 Å². The number of carbonyl (C=O) groups is 1. The second-order valence-corrected chi connectivity index (χ2v) is 6.01. The average molecular weight is 289 g/mol. The number of aliphatic carboxylic acids is 1. The zero-order valence-electron chi connectivity index (χ0n) is 9.94. The van der Waals surface area contributed by atoms with Crippen LogP contribution in [0.15, 0.2) is 30.3 Å². The molecule has 1 unspecified atom stereocenters. The molecule has 2 atom stereocenters. The quantitative estimate of drug-likeness (QED) is 0.524. The number of carboxylic acid groups (broad SMARTS) is 1. The van der Waals surface area contributed by atoms with Crippen molar-refractivity contribution in [1.82, 2.24) is 5.09 Å². The lowest BCUT2D eigenvalue weighted by Crippen LogP contribution is -2.39. The predicted molar refractivity (Wildman–Crippen MR) is 73.7 cm³/mol. The molecule has 100 valence electrons. The molecule has 18 heavy (non-hydrogen) atoms. The minimum absolute atomic E-state index is 0.0270. The Hall–Kier alpha value is -0.810. The molecule has 7 heteroatoms. The Bertz CT molecular complexity index is 440. The van der Waals surface area contributed by atoms with Gasteiger partial charge in [0.05, 0.1) is 11.9 Å². The lowest BCUT2D eigenvalue weighted by molar-refractivity contribution is -0.138. The number of rotatable bonds is 7. The first-order chi connectivity index (χ1) is 8.53. The highest BCUT2D eigenvalue weighted by Gasteiger charge is 2.31. The normalized spacial score (nSPS) is 15.9. The molecule has 1 rings (SSSR count). The maximum atomic E-state index is 12.7. The van der Waals surface area contributed by atoms with Crippen molar-refractivity contribution >= 4 is 31.4 Å². The summed E-state index contributed by atoms with van der Waals surface area (Å²) in [5.41, 5.74) is 0. The van der Waals surface area contributed by atoms with Crippen molar-refractivity contribution in [2.24, 2.45) is 0 Å². The monoisotopic (exact) mass is 289 g/mol. The minimum Gasteiger partial charge on any atom is -0.480 e. The van der Waals surface area contributed by atoms with Crippen molar-refractivity contribution < 1.29 is 19.0 Å². The topological polar surface area (TPSA) is 75.6 Å². The van der Waals surface area contributed by atoms with Gasteiger partial charge in [-0.2, -0.15) is 12.6 Å². The summed E-state index contributed by atoms with van der Waals surface area (Å²) in [7, 11) is -3.38. The van der Waals surface area contributed by atoms with E-state index in [1.807, 2.05) is 0 Å². The summed E-state index contributed by atoms with van der Waals surface area (Å²) in [6.07, 6.45) is 0. The zero-order valence-corrected chi connectivity index (χ0v) is 11.7. The van der Waals surface area contributed by atoms with E-state index in [9.17, 15) is 9.36 Å². The summed E-state index contributed by atoms with van der Waals surface area (Å²) in [6.45, 7) is 1.92. The molecule has 0 amide bonds. The Morgan fingerprint density at radius 3 is 2.56 bits per heavy atom. The van der Waals surface area contributed by atoms with E-state index in [-0.39, 0.29) is 12.4 Å². The standard InChI is InChI=1S/C11H16NO4PS/c1-2-16-17(15,9-6-4-3-5-7-9)12-10(8-18)11(13)14/h3-7,10,18H,2,8H2,1H3,(H,12,15)(H,13,14)/t10-,17?/m0/s1. The van der Waals surface area contributed by atoms with E-state index in [4.69, 9.17) is 9.63 Å². The molecule has 0 aliphatic heterocycles. The molecule has 0 saturated heterocycles. The zero-order chi connectivity index (χ0) is 13.6. The van der Waals surface area contributed by atoms with Gasteiger partial charge < -0.3 is 9.63 Å². The van der Waals surface area contributed by atoms with Crippen LogP contribution >= 0.6 is 20.1 Å². The number of hydrogen-bond acceptors (Lipinski definition) is 4. The van der Waals surface area contributed by atoms with Crippen LogP contribution in [0.2, 0.25) is 0 Å². The molecule has 0 saturated carbocycles. The summed E-state index contributed by atoms with van der Waals surface area (Å²) in [6, 6.07) is 7.48. The summed E-state index contributed by atoms with van der Waals surface area (Å²) < 4.78 is 17.9. The van der Waals surface area contributed by atoms with E-state index in [1.54, 1.807) is 37.3 Å². The number of thiol groups is 1. The largest absolute Gasteiger partial charge is 0.480 e. The number of benzene rings is 1. The first kappa shape index (κ1) is 15.2. The van der Waals surface area contributed by atoms with Crippen LogP contribution in [0, 0.1) is 0 Å². The molecule has 0 aliphatic carbocycles. The Morgan fingerprint density at radius 1 is 1.50 bits per heavy atom. The van der Waals surface area contributed by atoms with Gasteiger partial charge in [0.2, 0.25) is 0 Å². The van der Waals surface area contributed by atoms with Crippen LogP contribution < -0.4 is 10.4 Å². The molecule has 1 aromatic rings. The smallest absolute Gasteiger partial charge is 0.321 e. The maximum absolute atomic E-state index is 12.7. The Morgan fingerprint density at radius 2 is 2.11 bits per heavy atom. The average Bonchev–Trinajstić information content (AvgIpc) is 2.37. The molecule has 0 aliphatic rings. The van der Waals surface area contributed by atoms with Crippen LogP contribution in [0.5, 0.6) is 0 Å². The van der Waals surface area contributed by atoms with E-state index in [0.29, 0.717) is 5.30 Å². The second kappa shape index (κ2) is 6.95. The van der Waals surface area contributed by atoms with E-state index >= 15 is 0 Å². The maximum Gasteiger partial charge on any atom is 0.321 e. The molecule has 0 fully saturated rings. The van der Waals surface area contributed by atoms with Gasteiger partial charge in [0.15, 0.2) is 0 Å². The molecule has 1 aromatic carbocycles. The van der Waals surface area contributed by atoms with Gasteiger partial charge in [0, 0.05) is 5.75 Å². The van der Waals surface area contributed by atoms with Crippen LogP contribution in [0.25, 0.3) is 0 Å². The first-order valence-corrected chi connectivity index (χ1v) is 7.71. The van der Waals surface area contributed by atoms with Crippen molar-refractivity contribution in [2.75, 3.05) is 12.4 Å². The number of carboxylic acids is 1. The SMILES string of the molecule is CCOP(=O)(N[C@@H](CS)C(=O)O)c1ccccc1. The molecule has 0 bridgehead atoms. The fourth-order valence-electron chi connectivity index (χ4n) is 1.37. The summed E-state index contributed by atoms with van der Waals surface area (Å²) in [5, 5.41) is 12.0. The molecule has 2 N–H and O–H groups in total. The Balaban J connectivity index is 3.01. The molecular formula is C11H16NO4PS. The highest BCUT2D eigenvalue weighted by Crippen LogP contribution is 2.41. The van der Waals surface area contributed by atoms with Crippen LogP contribution in [0.1, 0.15) is 6.92 Å². The van der Waals surface area contributed by atoms with Gasteiger partial charge in [0.25, 0.3) is 7.52 Å². The highest BCUT2D eigenvalue weighted by molar-refractivity contribution is 7.80. The van der Waals surface area contributed by atoms with E-state index in [2.05, 4.69) is 17.7 Å². The summed E-state index contributed by atoms with van der Waals surface area (Å²) in [5.74, 6) is -1.08. The molecule has 0 aromatic heterocycles. The highest BCUT2D eigenvalue weighted by atomic mass is 32.1. The molecule has 5 nitrogen and oxygen atoms in total. The fraction of sp³-hybridized carbons (Fsp3) is 0.364. The Kier molecular flexibility index (Phi) is 5.88. The molecule has 0 spiro atoms. The predicted octanol–water partition coefficient (Wildman–Crippen LogP) is 1.51. The van der Waals surface area contributed by atoms with Crippen molar-refractivity contribution in [2.45, 2.75) is 13.0 Å². The van der Waals surface area contributed by atoms with Gasteiger partial charge in [-0.1, -0.05) is 18.2 Å². The third-order valence-corrected chi connectivity index (χ3v) is 4.83. The Labute approximate surface area is 111 Å². The summed E-state index contributed by atoms with van der Waals surface area (Å²) in [4.78, 5) is 11.0. The fourth-order valence-corrected chi connectivity index (χ4v) is 3.68. The van der Waals surface area contributed by atoms with Gasteiger partial charge in [-0.05, 0) is 19.1 Å². The second-order valence-electron chi connectivity index (χ2n) is 3.51. The molecule has 0 radical (unpaired) electrons. The van der Waals surface area contributed by atoms with Crippen molar-refractivity contribution in [3.05, 3.63) is 30.3 Å². The van der Waals surface area contributed by atoms with Crippen molar-refractivity contribution in [3.63, 3.8) is 0 Å². The number of nitrogens with one attached hydrogen (secondary N) is 1. The minimum atomic E-state index is -3.38. The lowest BCUT2D eigenvalue weighted by Gasteiger charge is -2.22. The van der Waals surface area contributed by atoms with E-state index in [1.165, 1.54) is 0 Å². The van der Waals surface area contributed by atoms with Crippen LogP contribution in [0.4, 0.5) is 0 Å². The third kappa shape index (κ3) is 3.85. The third-order valence-electron chi connectivity index (χ3n) is 2.21. The van der Waals surface area contributed by atoms with Gasteiger partial charge in [-0.3, -0.25) is 9.36 Å². The van der Waals surface area contributed by atoms with Gasteiger partial charge in [-0.15, -0.1) is 0 Å². The van der Waals surface area contributed by atoms with Gasteiger partial charge in [0.1, 0.15) is 6.04 Å². The van der Waals surface area contributed by atoms with Crippen molar-refractivity contribution in [3.8, 4) is 0 Å². The first-order valence-electron chi connectivity index (χ1n) is 5.45. The van der Waals surface area contributed by atoms with Crippen molar-refractivity contribution in [1.29, 1.82) is 0 Å².